The standard InChI is InChI=1S/C28H23BF7NO4/c1-24(2)25(3,4)41-29(40-24)20-13-10-16(14-21(20)30)26(15-8-11-17(12-9-15)39-28(34,35)36)18-6-5-7-19(27(31,32)33)22(18)37-23(26)38/h5-14H,1-4H3,(H,37,38). The summed E-state index contributed by atoms with van der Waals surface area (Å²) in [5, 5.41) is 2.28. The molecule has 1 unspecified atom stereocenters. The van der Waals surface area contributed by atoms with Gasteiger partial charge in [0.25, 0.3) is 0 Å². The van der Waals surface area contributed by atoms with Gasteiger partial charge >= 0.3 is 19.7 Å². The molecule has 0 bridgehead atoms. The number of anilines is 1. The zero-order valence-electron chi connectivity index (χ0n) is 22.1. The van der Waals surface area contributed by atoms with E-state index in [1.807, 2.05) is 0 Å². The molecule has 1 fully saturated rings. The number of alkyl halides is 6. The molecule has 1 amide bonds. The molecule has 0 saturated carbocycles. The van der Waals surface area contributed by atoms with Crippen molar-refractivity contribution in [1.29, 1.82) is 0 Å². The summed E-state index contributed by atoms with van der Waals surface area (Å²) >= 11 is 0. The van der Waals surface area contributed by atoms with Crippen molar-refractivity contribution in [3.8, 4) is 5.75 Å². The summed E-state index contributed by atoms with van der Waals surface area (Å²) in [6.07, 6.45) is -9.84. The summed E-state index contributed by atoms with van der Waals surface area (Å²) < 4.78 is 111. The Morgan fingerprint density at radius 3 is 1.95 bits per heavy atom. The maximum Gasteiger partial charge on any atom is 0.573 e. The monoisotopic (exact) mass is 581 g/mol. The fourth-order valence-electron chi connectivity index (χ4n) is 5.13. The first-order chi connectivity index (χ1) is 18.9. The fraction of sp³-hybridized carbons (Fsp3) is 0.321. The molecule has 3 aromatic rings. The van der Waals surface area contributed by atoms with Gasteiger partial charge in [-0.15, -0.1) is 13.2 Å². The summed E-state index contributed by atoms with van der Waals surface area (Å²) in [7, 11) is -1.11. The molecule has 41 heavy (non-hydrogen) atoms. The summed E-state index contributed by atoms with van der Waals surface area (Å²) in [6, 6.07) is 10.9. The van der Waals surface area contributed by atoms with Gasteiger partial charge in [-0.1, -0.05) is 36.4 Å². The van der Waals surface area contributed by atoms with Gasteiger partial charge in [0.05, 0.1) is 22.5 Å². The number of hydrogen-bond donors (Lipinski definition) is 1. The number of rotatable bonds is 4. The summed E-state index contributed by atoms with van der Waals surface area (Å²) in [6.45, 7) is 7.11. The van der Waals surface area contributed by atoms with Gasteiger partial charge in [0.15, 0.2) is 0 Å². The predicted octanol–water partition coefficient (Wildman–Crippen LogP) is 6.33. The van der Waals surface area contributed by atoms with Gasteiger partial charge in [0, 0.05) is 11.0 Å². The average molecular weight is 581 g/mol. The van der Waals surface area contributed by atoms with Crippen molar-refractivity contribution in [3.63, 3.8) is 0 Å². The van der Waals surface area contributed by atoms with E-state index in [2.05, 4.69) is 10.1 Å². The Bertz CT molecular complexity index is 1500. The Morgan fingerprint density at radius 2 is 1.41 bits per heavy atom. The Morgan fingerprint density at radius 1 is 0.829 bits per heavy atom. The number of para-hydroxylation sites is 1. The number of amides is 1. The lowest BCUT2D eigenvalue weighted by Gasteiger charge is -2.32. The van der Waals surface area contributed by atoms with Crippen LogP contribution >= 0.6 is 0 Å². The first-order valence-corrected chi connectivity index (χ1v) is 12.4. The van der Waals surface area contributed by atoms with Crippen molar-refractivity contribution in [1.82, 2.24) is 0 Å². The quantitative estimate of drug-likeness (QED) is 0.289. The van der Waals surface area contributed by atoms with Crippen LogP contribution in [0.3, 0.4) is 0 Å². The normalized spacial score (nSPS) is 21.5. The number of fused-ring (bicyclic) bond motifs is 1. The molecule has 0 aromatic heterocycles. The lowest BCUT2D eigenvalue weighted by atomic mass is 9.68. The second kappa shape index (κ2) is 9.22. The van der Waals surface area contributed by atoms with E-state index in [1.165, 1.54) is 18.2 Å². The highest BCUT2D eigenvalue weighted by molar-refractivity contribution is 6.62. The Labute approximate surface area is 230 Å². The van der Waals surface area contributed by atoms with E-state index in [0.29, 0.717) is 0 Å². The van der Waals surface area contributed by atoms with Crippen LogP contribution in [0.2, 0.25) is 0 Å². The molecule has 2 heterocycles. The molecule has 1 atom stereocenters. The average Bonchev–Trinajstić information content (AvgIpc) is 3.25. The maximum atomic E-state index is 15.7. The van der Waals surface area contributed by atoms with E-state index in [1.54, 1.807) is 27.7 Å². The van der Waals surface area contributed by atoms with E-state index in [4.69, 9.17) is 9.31 Å². The Balaban J connectivity index is 1.69. The number of benzene rings is 3. The second-order valence-electron chi connectivity index (χ2n) is 10.8. The van der Waals surface area contributed by atoms with Gasteiger partial charge in [-0.05, 0) is 63.1 Å². The summed E-state index contributed by atoms with van der Waals surface area (Å²) in [4.78, 5) is 13.7. The minimum atomic E-state index is -5.00. The molecule has 0 radical (unpaired) electrons. The zero-order valence-corrected chi connectivity index (χ0v) is 22.1. The highest BCUT2D eigenvalue weighted by atomic mass is 19.4. The first-order valence-electron chi connectivity index (χ1n) is 12.4. The van der Waals surface area contributed by atoms with Crippen molar-refractivity contribution >= 4 is 24.2 Å². The second-order valence-corrected chi connectivity index (χ2v) is 10.8. The molecule has 2 aliphatic rings. The van der Waals surface area contributed by atoms with Gasteiger partial charge in [0.2, 0.25) is 5.91 Å². The molecule has 5 nitrogen and oxygen atoms in total. The van der Waals surface area contributed by atoms with Gasteiger partial charge < -0.3 is 19.4 Å². The lowest BCUT2D eigenvalue weighted by molar-refractivity contribution is -0.274. The number of ether oxygens (including phenoxy) is 1. The largest absolute Gasteiger partial charge is 0.573 e. The molecular weight excluding hydrogens is 558 g/mol. The van der Waals surface area contributed by atoms with Crippen LogP contribution in [-0.2, 0) is 25.7 Å². The van der Waals surface area contributed by atoms with Crippen molar-refractivity contribution in [2.24, 2.45) is 0 Å². The Kier molecular flexibility index (Phi) is 6.50. The molecule has 5 rings (SSSR count). The van der Waals surface area contributed by atoms with Gasteiger partial charge in [0.1, 0.15) is 17.0 Å². The first kappa shape index (κ1) is 28.9. The summed E-state index contributed by atoms with van der Waals surface area (Å²) in [5.41, 5.74) is -5.51. The van der Waals surface area contributed by atoms with E-state index in [-0.39, 0.29) is 22.2 Å². The van der Waals surface area contributed by atoms with Gasteiger partial charge in [-0.2, -0.15) is 13.2 Å². The van der Waals surface area contributed by atoms with Crippen molar-refractivity contribution in [3.05, 3.63) is 88.7 Å². The smallest absolute Gasteiger partial charge is 0.406 e. The maximum absolute atomic E-state index is 15.7. The van der Waals surface area contributed by atoms with Crippen molar-refractivity contribution < 1.29 is 49.6 Å². The van der Waals surface area contributed by atoms with E-state index in [9.17, 15) is 31.1 Å². The van der Waals surface area contributed by atoms with Crippen LogP contribution in [0.4, 0.5) is 36.4 Å². The molecular formula is C28H23BF7NO4. The van der Waals surface area contributed by atoms with Gasteiger partial charge in [-0.3, -0.25) is 4.79 Å². The van der Waals surface area contributed by atoms with E-state index >= 15 is 4.39 Å². The third kappa shape index (κ3) is 4.74. The van der Waals surface area contributed by atoms with Crippen LogP contribution in [-0.4, -0.2) is 30.6 Å². The van der Waals surface area contributed by atoms with Crippen molar-refractivity contribution in [2.75, 3.05) is 5.32 Å². The van der Waals surface area contributed by atoms with Crippen LogP contribution in [0.1, 0.15) is 49.9 Å². The molecule has 1 N–H and O–H groups in total. The lowest BCUT2D eigenvalue weighted by Crippen LogP contribution is -2.41. The number of carbonyl (C=O) groups is 1. The molecule has 1 saturated heterocycles. The molecule has 0 spiro atoms. The van der Waals surface area contributed by atoms with Crippen LogP contribution in [0.25, 0.3) is 0 Å². The third-order valence-corrected chi connectivity index (χ3v) is 7.81. The fourth-order valence-corrected chi connectivity index (χ4v) is 5.13. The van der Waals surface area contributed by atoms with Crippen LogP contribution < -0.4 is 15.5 Å². The van der Waals surface area contributed by atoms with Crippen LogP contribution in [0, 0.1) is 5.82 Å². The zero-order chi connectivity index (χ0) is 30.2. The minimum Gasteiger partial charge on any atom is -0.406 e. The van der Waals surface area contributed by atoms with Crippen LogP contribution in [0.15, 0.2) is 60.7 Å². The third-order valence-electron chi connectivity index (χ3n) is 7.81. The van der Waals surface area contributed by atoms with E-state index < -0.39 is 65.0 Å². The molecule has 0 aliphatic carbocycles. The number of hydrogen-bond acceptors (Lipinski definition) is 4. The minimum absolute atomic E-state index is 0.000791. The number of halogens is 7. The molecule has 3 aromatic carbocycles. The summed E-state index contributed by atoms with van der Waals surface area (Å²) in [5.74, 6) is -2.41. The topological polar surface area (TPSA) is 56.8 Å². The predicted molar refractivity (Wildman–Crippen MR) is 135 cm³/mol. The SMILES string of the molecule is CC1(C)OB(c2ccc(C3(c4ccc(OC(F)(F)F)cc4)C(=O)Nc4c(C(F)(F)F)cccc43)cc2F)OC1(C)C. The molecule has 2 aliphatic heterocycles. The highest BCUT2D eigenvalue weighted by Gasteiger charge is 2.55. The molecule has 216 valence electrons. The van der Waals surface area contributed by atoms with Crippen LogP contribution in [0.5, 0.6) is 5.75 Å². The highest BCUT2D eigenvalue weighted by Crippen LogP contribution is 2.51. The molecule has 13 heteroatoms. The van der Waals surface area contributed by atoms with E-state index in [0.717, 1.165) is 42.5 Å². The number of carbonyl (C=O) groups excluding carboxylic acids is 1. The Hall–Kier alpha value is -3.58. The van der Waals surface area contributed by atoms with Gasteiger partial charge in [-0.25, -0.2) is 4.39 Å². The van der Waals surface area contributed by atoms with Crippen molar-refractivity contribution in [2.45, 2.75) is 56.9 Å². The number of nitrogens with one attached hydrogen (secondary N) is 1.